The molecule has 1 aliphatic rings. The zero-order chi connectivity index (χ0) is 15.8. The number of benzene rings is 1. The molecule has 0 amide bonds. The molecule has 0 radical (unpaired) electrons. The Hall–Kier alpha value is -1.39. The van der Waals surface area contributed by atoms with Crippen LogP contribution in [-0.4, -0.2) is 49.3 Å². The quantitative estimate of drug-likeness (QED) is 0.620. The van der Waals surface area contributed by atoms with E-state index < -0.39 is 5.41 Å². The van der Waals surface area contributed by atoms with Crippen LogP contribution in [0.15, 0.2) is 30.3 Å². The molecule has 1 fully saturated rings. The molecule has 1 N–H and O–H groups in total. The van der Waals surface area contributed by atoms with Crippen molar-refractivity contribution < 1.29 is 14.6 Å². The van der Waals surface area contributed by atoms with E-state index in [0.717, 1.165) is 57.3 Å². The van der Waals surface area contributed by atoms with Gasteiger partial charge in [0.25, 0.3) is 0 Å². The number of piperidine rings is 1. The number of carbonyl (C=O) groups excluding carboxylic acids is 1. The predicted molar refractivity (Wildman–Crippen MR) is 86.7 cm³/mol. The van der Waals surface area contributed by atoms with Gasteiger partial charge >= 0.3 is 5.97 Å². The maximum absolute atomic E-state index is 12.4. The van der Waals surface area contributed by atoms with Crippen molar-refractivity contribution in [3.05, 3.63) is 35.9 Å². The Kier molecular flexibility index (Phi) is 6.40. The van der Waals surface area contributed by atoms with E-state index in [1.54, 1.807) is 0 Å². The number of ether oxygens (including phenoxy) is 1. The first-order valence-electron chi connectivity index (χ1n) is 8.20. The van der Waals surface area contributed by atoms with Crippen LogP contribution in [-0.2, 0) is 14.9 Å². The van der Waals surface area contributed by atoms with Gasteiger partial charge in [-0.1, -0.05) is 30.3 Å². The van der Waals surface area contributed by atoms with Crippen LogP contribution in [0.4, 0.5) is 0 Å². The van der Waals surface area contributed by atoms with E-state index in [2.05, 4.69) is 4.90 Å². The number of hydrogen-bond donors (Lipinski definition) is 1. The smallest absolute Gasteiger partial charge is 0.316 e. The average Bonchev–Trinajstić information content (AvgIpc) is 2.59. The van der Waals surface area contributed by atoms with E-state index in [9.17, 15) is 4.79 Å². The minimum absolute atomic E-state index is 0.112. The van der Waals surface area contributed by atoms with Crippen LogP contribution in [0.2, 0.25) is 0 Å². The van der Waals surface area contributed by atoms with Gasteiger partial charge in [-0.25, -0.2) is 0 Å². The van der Waals surface area contributed by atoms with Gasteiger partial charge in [-0.05, 0) is 57.3 Å². The van der Waals surface area contributed by atoms with Gasteiger partial charge < -0.3 is 14.7 Å². The molecule has 0 atom stereocenters. The number of rotatable bonds is 7. The Bertz CT molecular complexity index is 453. The van der Waals surface area contributed by atoms with Crippen molar-refractivity contribution in [1.29, 1.82) is 0 Å². The van der Waals surface area contributed by atoms with E-state index in [0.29, 0.717) is 0 Å². The zero-order valence-electron chi connectivity index (χ0n) is 13.5. The maximum Gasteiger partial charge on any atom is 0.316 e. The summed E-state index contributed by atoms with van der Waals surface area (Å²) in [6, 6.07) is 10.0. The molecule has 0 bridgehead atoms. The number of carbonyl (C=O) groups is 1. The lowest BCUT2D eigenvalue weighted by molar-refractivity contribution is -0.149. The molecule has 122 valence electrons. The summed E-state index contributed by atoms with van der Waals surface area (Å²) in [5.74, 6) is -0.112. The lowest BCUT2D eigenvalue weighted by Crippen LogP contribution is -2.48. The van der Waals surface area contributed by atoms with Crippen molar-refractivity contribution in [3.63, 3.8) is 0 Å². The van der Waals surface area contributed by atoms with Gasteiger partial charge in [0.15, 0.2) is 0 Å². The summed E-state index contributed by atoms with van der Waals surface area (Å²) >= 11 is 0. The first-order chi connectivity index (χ1) is 10.7. The van der Waals surface area contributed by atoms with E-state index in [1.165, 1.54) is 7.11 Å². The minimum atomic E-state index is -0.488. The molecular formula is C18H27NO3. The molecule has 1 aromatic rings. The van der Waals surface area contributed by atoms with E-state index >= 15 is 0 Å². The Morgan fingerprint density at radius 2 is 1.86 bits per heavy atom. The molecule has 1 aromatic carbocycles. The first-order valence-corrected chi connectivity index (χ1v) is 8.20. The van der Waals surface area contributed by atoms with Gasteiger partial charge in [0, 0.05) is 6.61 Å². The summed E-state index contributed by atoms with van der Waals surface area (Å²) in [4.78, 5) is 14.8. The lowest BCUT2D eigenvalue weighted by atomic mass is 9.72. The SMILES string of the molecule is COC(=O)C1(c2ccccc2)CCN(CCCCCO)CC1. The highest BCUT2D eigenvalue weighted by molar-refractivity contribution is 5.83. The van der Waals surface area contributed by atoms with Crippen LogP contribution in [0.5, 0.6) is 0 Å². The Balaban J connectivity index is 1.99. The number of esters is 1. The fourth-order valence-corrected chi connectivity index (χ4v) is 3.35. The Labute approximate surface area is 133 Å². The molecule has 2 rings (SSSR count). The monoisotopic (exact) mass is 305 g/mol. The second-order valence-corrected chi connectivity index (χ2v) is 6.07. The van der Waals surface area contributed by atoms with Crippen LogP contribution >= 0.6 is 0 Å². The second-order valence-electron chi connectivity index (χ2n) is 6.07. The van der Waals surface area contributed by atoms with Gasteiger partial charge in [-0.15, -0.1) is 0 Å². The Morgan fingerprint density at radius 3 is 2.45 bits per heavy atom. The first kappa shape index (κ1) is 17.0. The molecular weight excluding hydrogens is 278 g/mol. The highest BCUT2D eigenvalue weighted by Crippen LogP contribution is 2.36. The van der Waals surface area contributed by atoms with Gasteiger partial charge in [-0.2, -0.15) is 0 Å². The van der Waals surface area contributed by atoms with Crippen molar-refractivity contribution in [2.75, 3.05) is 33.4 Å². The van der Waals surface area contributed by atoms with Gasteiger partial charge in [-0.3, -0.25) is 4.79 Å². The molecule has 4 heteroatoms. The van der Waals surface area contributed by atoms with Crippen molar-refractivity contribution in [1.82, 2.24) is 4.90 Å². The average molecular weight is 305 g/mol. The standard InChI is InChI=1S/C18H27NO3/c1-22-17(21)18(16-8-4-2-5-9-16)10-13-19(14-11-18)12-6-3-7-15-20/h2,4-5,8-9,20H,3,6-7,10-15H2,1H3. The molecule has 1 saturated heterocycles. The third-order valence-corrected chi connectivity index (χ3v) is 4.74. The fraction of sp³-hybridized carbons (Fsp3) is 0.611. The summed E-state index contributed by atoms with van der Waals surface area (Å²) < 4.78 is 5.11. The van der Waals surface area contributed by atoms with Crippen LogP contribution < -0.4 is 0 Å². The van der Waals surface area contributed by atoms with Crippen molar-refractivity contribution in [3.8, 4) is 0 Å². The van der Waals surface area contributed by atoms with Gasteiger partial charge in [0.05, 0.1) is 12.5 Å². The minimum Gasteiger partial charge on any atom is -0.468 e. The highest BCUT2D eigenvalue weighted by atomic mass is 16.5. The third-order valence-electron chi connectivity index (χ3n) is 4.74. The maximum atomic E-state index is 12.4. The summed E-state index contributed by atoms with van der Waals surface area (Å²) in [5, 5.41) is 8.82. The van der Waals surface area contributed by atoms with Crippen molar-refractivity contribution >= 4 is 5.97 Å². The number of unbranched alkanes of at least 4 members (excludes halogenated alkanes) is 2. The molecule has 0 unspecified atom stereocenters. The molecule has 0 aliphatic carbocycles. The summed E-state index contributed by atoms with van der Waals surface area (Å²) in [7, 11) is 1.48. The lowest BCUT2D eigenvalue weighted by Gasteiger charge is -2.40. The molecule has 4 nitrogen and oxygen atoms in total. The summed E-state index contributed by atoms with van der Waals surface area (Å²) in [6.45, 7) is 3.16. The second kappa shape index (κ2) is 8.30. The Morgan fingerprint density at radius 1 is 1.18 bits per heavy atom. The molecule has 1 aliphatic heterocycles. The van der Waals surface area contributed by atoms with Gasteiger partial charge in [0.2, 0.25) is 0 Å². The van der Waals surface area contributed by atoms with E-state index in [4.69, 9.17) is 9.84 Å². The number of nitrogens with zero attached hydrogens (tertiary/aromatic N) is 1. The van der Waals surface area contributed by atoms with Crippen LogP contribution in [0.3, 0.4) is 0 Å². The summed E-state index contributed by atoms with van der Waals surface area (Å²) in [5.41, 5.74) is 0.583. The number of methoxy groups -OCH3 is 1. The van der Waals surface area contributed by atoms with Crippen molar-refractivity contribution in [2.45, 2.75) is 37.5 Å². The molecule has 0 aromatic heterocycles. The zero-order valence-corrected chi connectivity index (χ0v) is 13.5. The van der Waals surface area contributed by atoms with Crippen LogP contribution in [0.25, 0.3) is 0 Å². The molecule has 1 heterocycles. The molecule has 22 heavy (non-hydrogen) atoms. The number of likely N-dealkylation sites (tertiary alicyclic amines) is 1. The highest BCUT2D eigenvalue weighted by Gasteiger charge is 2.43. The predicted octanol–water partition coefficient (Wildman–Crippen LogP) is 2.36. The van der Waals surface area contributed by atoms with Crippen molar-refractivity contribution in [2.24, 2.45) is 0 Å². The van der Waals surface area contributed by atoms with Gasteiger partial charge in [0.1, 0.15) is 0 Å². The number of hydrogen-bond acceptors (Lipinski definition) is 4. The van der Waals surface area contributed by atoms with E-state index in [1.807, 2.05) is 30.3 Å². The van der Waals surface area contributed by atoms with Crippen LogP contribution in [0.1, 0.15) is 37.7 Å². The normalized spacial score (nSPS) is 18.1. The third kappa shape index (κ3) is 3.87. The number of aliphatic hydroxyl groups excluding tert-OH is 1. The topological polar surface area (TPSA) is 49.8 Å². The molecule has 0 spiro atoms. The van der Waals surface area contributed by atoms with Crippen LogP contribution in [0, 0.1) is 0 Å². The largest absolute Gasteiger partial charge is 0.468 e. The fourth-order valence-electron chi connectivity index (χ4n) is 3.35. The summed E-state index contributed by atoms with van der Waals surface area (Å²) in [6.07, 6.45) is 4.67. The van der Waals surface area contributed by atoms with E-state index in [-0.39, 0.29) is 12.6 Å². The molecule has 0 saturated carbocycles. The number of aliphatic hydroxyl groups is 1.